The molecule has 7 heteroatoms. The highest BCUT2D eigenvalue weighted by Gasteiger charge is 2.28. The van der Waals surface area contributed by atoms with Crippen LogP contribution in [0.1, 0.15) is 0 Å². The van der Waals surface area contributed by atoms with Crippen molar-refractivity contribution in [3.05, 3.63) is 34.4 Å². The molecule has 1 aliphatic heterocycles. The van der Waals surface area contributed by atoms with Crippen LogP contribution in [0.25, 0.3) is 0 Å². The van der Waals surface area contributed by atoms with E-state index in [-0.39, 0.29) is 11.6 Å². The van der Waals surface area contributed by atoms with Gasteiger partial charge in [-0.1, -0.05) is 24.0 Å². The Kier molecular flexibility index (Phi) is 2.88. The van der Waals surface area contributed by atoms with Crippen LogP contribution in [0.3, 0.4) is 0 Å². The molecule has 16 heavy (non-hydrogen) atoms. The van der Waals surface area contributed by atoms with Crippen molar-refractivity contribution in [2.75, 3.05) is 10.7 Å². The summed E-state index contributed by atoms with van der Waals surface area (Å²) in [6.45, 7) is 0. The van der Waals surface area contributed by atoms with Crippen molar-refractivity contribution in [2.24, 2.45) is 0 Å². The molecule has 0 atom stereocenters. The Bertz CT molecular complexity index is 456. The molecule has 2 rings (SSSR count). The number of rotatable bonds is 2. The van der Waals surface area contributed by atoms with Crippen LogP contribution in [-0.2, 0) is 4.79 Å². The van der Waals surface area contributed by atoms with Crippen LogP contribution in [-0.4, -0.2) is 20.9 Å². The number of nitro benzene ring substituents is 1. The fraction of sp³-hybridized carbons (Fsp3) is 0.111. The Morgan fingerprint density at radius 3 is 2.44 bits per heavy atom. The normalized spacial score (nSPS) is 15.6. The Balaban J connectivity index is 2.31. The van der Waals surface area contributed by atoms with E-state index in [1.165, 1.54) is 40.9 Å². The highest BCUT2D eigenvalue weighted by atomic mass is 32.2. The number of hydrogen-bond acceptors (Lipinski definition) is 5. The summed E-state index contributed by atoms with van der Waals surface area (Å²) in [4.78, 5) is 22.9. The molecule has 0 N–H and O–H groups in total. The van der Waals surface area contributed by atoms with Gasteiger partial charge in [-0.15, -0.1) is 0 Å². The predicted molar refractivity (Wildman–Crippen MR) is 65.6 cm³/mol. The van der Waals surface area contributed by atoms with E-state index in [2.05, 4.69) is 0 Å². The molecule has 1 fully saturated rings. The minimum Gasteiger partial charge on any atom is -0.273 e. The summed E-state index contributed by atoms with van der Waals surface area (Å²) in [5.74, 6) is 0.236. The average Bonchev–Trinajstić information content (AvgIpc) is 2.59. The maximum Gasteiger partial charge on any atom is 0.269 e. The van der Waals surface area contributed by atoms with Crippen LogP contribution in [0.15, 0.2) is 24.3 Å². The van der Waals surface area contributed by atoms with Gasteiger partial charge in [0.1, 0.15) is 4.32 Å². The van der Waals surface area contributed by atoms with E-state index in [0.717, 1.165) is 0 Å². The standard InChI is InChI=1S/C9H6N2O3S2/c12-8-5-16-9(15)10(8)6-1-3-7(4-2-6)11(13)14/h1-4H,5H2. The number of amides is 1. The number of non-ortho nitro benzene ring substituents is 1. The lowest BCUT2D eigenvalue weighted by atomic mass is 10.2. The summed E-state index contributed by atoms with van der Waals surface area (Å²) in [5.41, 5.74) is 0.569. The van der Waals surface area contributed by atoms with Crippen molar-refractivity contribution < 1.29 is 9.72 Å². The Hall–Kier alpha value is -1.47. The molecule has 0 radical (unpaired) electrons. The zero-order chi connectivity index (χ0) is 11.7. The molecule has 1 aromatic rings. The van der Waals surface area contributed by atoms with E-state index in [0.29, 0.717) is 15.8 Å². The molecule has 82 valence electrons. The Labute approximate surface area is 101 Å². The number of hydrogen-bond donors (Lipinski definition) is 0. The molecule has 0 unspecified atom stereocenters. The minimum absolute atomic E-state index is 0.00559. The molecule has 0 aromatic heterocycles. The first kappa shape index (κ1) is 11.0. The highest BCUT2D eigenvalue weighted by Crippen LogP contribution is 2.27. The van der Waals surface area contributed by atoms with Crippen LogP contribution in [0.4, 0.5) is 11.4 Å². The second-order valence-corrected chi connectivity index (χ2v) is 4.67. The third-order valence-corrected chi connectivity index (χ3v) is 3.43. The molecule has 1 aromatic carbocycles. The quantitative estimate of drug-likeness (QED) is 0.458. The molecule has 1 heterocycles. The highest BCUT2D eigenvalue weighted by molar-refractivity contribution is 8.24. The van der Waals surface area contributed by atoms with Gasteiger partial charge in [0, 0.05) is 12.1 Å². The summed E-state index contributed by atoms with van der Waals surface area (Å²) in [5, 5.41) is 10.5. The minimum atomic E-state index is -0.483. The molecule has 1 aliphatic rings. The summed E-state index contributed by atoms with van der Waals surface area (Å²) in [6, 6.07) is 5.75. The number of benzene rings is 1. The number of nitrogens with zero attached hydrogens (tertiary/aromatic N) is 2. The van der Waals surface area contributed by atoms with E-state index in [4.69, 9.17) is 12.2 Å². The SMILES string of the molecule is O=C1CSC(=S)N1c1ccc([N+](=O)[O-])cc1. The Morgan fingerprint density at radius 2 is 2.00 bits per heavy atom. The molecule has 0 bridgehead atoms. The number of thioether (sulfide) groups is 1. The number of thiocarbonyl (C=S) groups is 1. The lowest BCUT2D eigenvalue weighted by Gasteiger charge is -2.14. The zero-order valence-corrected chi connectivity index (χ0v) is 9.59. The average molecular weight is 254 g/mol. The third-order valence-electron chi connectivity index (χ3n) is 2.07. The summed E-state index contributed by atoms with van der Waals surface area (Å²) in [6.07, 6.45) is 0. The first-order valence-corrected chi connectivity index (χ1v) is 5.73. The topological polar surface area (TPSA) is 63.5 Å². The van der Waals surface area contributed by atoms with Gasteiger partial charge in [-0.05, 0) is 12.1 Å². The van der Waals surface area contributed by atoms with Crippen LogP contribution >= 0.6 is 24.0 Å². The fourth-order valence-corrected chi connectivity index (χ4v) is 2.42. The van der Waals surface area contributed by atoms with Crippen molar-refractivity contribution in [2.45, 2.75) is 0 Å². The number of carbonyl (C=O) groups is 1. The molecular formula is C9H6N2O3S2. The summed E-state index contributed by atoms with van der Waals surface area (Å²) in [7, 11) is 0. The van der Waals surface area contributed by atoms with Crippen molar-refractivity contribution >= 4 is 45.6 Å². The molecule has 1 saturated heterocycles. The van der Waals surface area contributed by atoms with Gasteiger partial charge in [0.2, 0.25) is 5.91 Å². The molecule has 0 aliphatic carbocycles. The van der Waals surface area contributed by atoms with Gasteiger partial charge in [0.15, 0.2) is 0 Å². The molecule has 0 saturated carbocycles. The van der Waals surface area contributed by atoms with E-state index in [1.54, 1.807) is 0 Å². The first-order chi connectivity index (χ1) is 7.59. The van der Waals surface area contributed by atoms with E-state index in [9.17, 15) is 14.9 Å². The van der Waals surface area contributed by atoms with Gasteiger partial charge in [-0.3, -0.25) is 19.8 Å². The summed E-state index contributed by atoms with van der Waals surface area (Å²) < 4.78 is 0.485. The lowest BCUT2D eigenvalue weighted by molar-refractivity contribution is -0.384. The number of carbonyl (C=O) groups excluding carboxylic acids is 1. The lowest BCUT2D eigenvalue weighted by Crippen LogP contribution is -2.27. The van der Waals surface area contributed by atoms with Gasteiger partial charge < -0.3 is 0 Å². The van der Waals surface area contributed by atoms with Crippen LogP contribution in [0, 0.1) is 10.1 Å². The largest absolute Gasteiger partial charge is 0.273 e. The van der Waals surface area contributed by atoms with Gasteiger partial charge in [-0.25, -0.2) is 0 Å². The van der Waals surface area contributed by atoms with Crippen LogP contribution < -0.4 is 4.90 Å². The number of anilines is 1. The van der Waals surface area contributed by atoms with Crippen molar-refractivity contribution in [3.8, 4) is 0 Å². The van der Waals surface area contributed by atoms with E-state index >= 15 is 0 Å². The molecule has 5 nitrogen and oxygen atoms in total. The molecule has 1 amide bonds. The smallest absolute Gasteiger partial charge is 0.269 e. The second kappa shape index (κ2) is 4.18. The second-order valence-electron chi connectivity index (χ2n) is 3.06. The maximum atomic E-state index is 11.5. The van der Waals surface area contributed by atoms with Crippen molar-refractivity contribution in [1.29, 1.82) is 0 Å². The third kappa shape index (κ3) is 1.91. The van der Waals surface area contributed by atoms with E-state index in [1.807, 2.05) is 0 Å². The summed E-state index contributed by atoms with van der Waals surface area (Å²) >= 11 is 6.31. The fourth-order valence-electron chi connectivity index (χ4n) is 1.33. The monoisotopic (exact) mass is 254 g/mol. The first-order valence-electron chi connectivity index (χ1n) is 4.34. The van der Waals surface area contributed by atoms with Gasteiger partial charge in [-0.2, -0.15) is 0 Å². The predicted octanol–water partition coefficient (Wildman–Crippen LogP) is 1.96. The van der Waals surface area contributed by atoms with Crippen LogP contribution in [0.5, 0.6) is 0 Å². The van der Waals surface area contributed by atoms with Crippen LogP contribution in [0.2, 0.25) is 0 Å². The van der Waals surface area contributed by atoms with Crippen molar-refractivity contribution in [1.82, 2.24) is 0 Å². The van der Waals surface area contributed by atoms with Gasteiger partial charge >= 0.3 is 0 Å². The van der Waals surface area contributed by atoms with Crippen molar-refractivity contribution in [3.63, 3.8) is 0 Å². The van der Waals surface area contributed by atoms with E-state index < -0.39 is 4.92 Å². The van der Waals surface area contributed by atoms with Gasteiger partial charge in [0.05, 0.1) is 16.4 Å². The number of nitro groups is 1. The maximum absolute atomic E-state index is 11.5. The zero-order valence-electron chi connectivity index (χ0n) is 7.95. The van der Waals surface area contributed by atoms with Gasteiger partial charge in [0.25, 0.3) is 5.69 Å². The molecule has 0 spiro atoms. The Morgan fingerprint density at radius 1 is 1.38 bits per heavy atom. The molecular weight excluding hydrogens is 248 g/mol.